The lowest BCUT2D eigenvalue weighted by Gasteiger charge is -2.38. The molecule has 3 nitrogen and oxygen atoms in total. The Morgan fingerprint density at radius 3 is 2.22 bits per heavy atom. The quantitative estimate of drug-likeness (QED) is 0.582. The largest absolute Gasteiger partial charge is 0.469 e. The molecule has 1 saturated carbocycles. The average molecular weight is 272 g/mol. The van der Waals surface area contributed by atoms with Gasteiger partial charge in [-0.05, 0) is 36.9 Å². The summed E-state index contributed by atoms with van der Waals surface area (Å²) in [5, 5.41) is 0.222. The minimum absolute atomic E-state index is 0.0183. The highest BCUT2D eigenvalue weighted by Crippen LogP contribution is 2.42. The van der Waals surface area contributed by atoms with E-state index in [-0.39, 0.29) is 23.0 Å². The number of hydrogen-bond acceptors (Lipinski definition) is 3. The van der Waals surface area contributed by atoms with Crippen molar-refractivity contribution in [3.8, 4) is 0 Å². The summed E-state index contributed by atoms with van der Waals surface area (Å²) < 4.78 is 11.3. The summed E-state index contributed by atoms with van der Waals surface area (Å²) >= 11 is 0. The number of hydrogen-bond donors (Lipinski definition) is 0. The van der Waals surface area contributed by atoms with E-state index in [9.17, 15) is 4.79 Å². The van der Waals surface area contributed by atoms with Crippen molar-refractivity contribution in [2.24, 2.45) is 11.8 Å². The van der Waals surface area contributed by atoms with Gasteiger partial charge in [-0.1, -0.05) is 27.7 Å². The van der Waals surface area contributed by atoms with E-state index in [2.05, 4.69) is 40.8 Å². The Labute approximate surface area is 112 Å². The molecule has 106 valence electrons. The summed E-state index contributed by atoms with van der Waals surface area (Å²) in [6.07, 6.45) is 2.03. The van der Waals surface area contributed by atoms with Crippen molar-refractivity contribution in [1.82, 2.24) is 0 Å². The summed E-state index contributed by atoms with van der Waals surface area (Å²) in [4.78, 5) is 11.7. The summed E-state index contributed by atoms with van der Waals surface area (Å²) in [7, 11) is -0.257. The Morgan fingerprint density at radius 2 is 1.78 bits per heavy atom. The van der Waals surface area contributed by atoms with Gasteiger partial charge in [-0.15, -0.1) is 0 Å². The Morgan fingerprint density at radius 1 is 1.22 bits per heavy atom. The van der Waals surface area contributed by atoms with Crippen LogP contribution in [0.4, 0.5) is 0 Å². The molecular formula is C14H28O3Si. The second-order valence-corrected chi connectivity index (χ2v) is 11.8. The van der Waals surface area contributed by atoms with Crippen molar-refractivity contribution < 1.29 is 14.0 Å². The third-order valence-corrected chi connectivity index (χ3v) is 9.14. The predicted octanol–water partition coefficient (Wildman–Crippen LogP) is 3.60. The number of rotatable bonds is 3. The molecule has 0 aromatic heterocycles. The molecule has 1 rings (SSSR count). The molecule has 0 saturated heterocycles. The van der Waals surface area contributed by atoms with Crippen LogP contribution in [-0.2, 0) is 14.0 Å². The maximum absolute atomic E-state index is 11.7. The number of carbonyl (C=O) groups excluding carboxylic acids is 1. The van der Waals surface area contributed by atoms with E-state index in [4.69, 9.17) is 9.16 Å². The van der Waals surface area contributed by atoms with Gasteiger partial charge in [-0.2, -0.15) is 0 Å². The smallest absolute Gasteiger partial charge is 0.309 e. The van der Waals surface area contributed by atoms with Crippen LogP contribution in [0.15, 0.2) is 0 Å². The summed E-state index contributed by atoms with van der Waals surface area (Å²) in [5.74, 6) is 0.306. The van der Waals surface area contributed by atoms with Crippen molar-refractivity contribution in [1.29, 1.82) is 0 Å². The molecule has 18 heavy (non-hydrogen) atoms. The van der Waals surface area contributed by atoms with E-state index < -0.39 is 8.32 Å². The van der Waals surface area contributed by atoms with Crippen LogP contribution in [0.2, 0.25) is 18.1 Å². The van der Waals surface area contributed by atoms with Crippen LogP contribution in [0.3, 0.4) is 0 Å². The molecular weight excluding hydrogens is 244 g/mol. The van der Waals surface area contributed by atoms with Crippen LogP contribution in [-0.4, -0.2) is 27.5 Å². The molecule has 0 aromatic rings. The number of carbonyl (C=O) groups is 1. The first-order valence-corrected chi connectivity index (χ1v) is 9.75. The monoisotopic (exact) mass is 272 g/mol. The third kappa shape index (κ3) is 3.35. The van der Waals surface area contributed by atoms with E-state index >= 15 is 0 Å². The van der Waals surface area contributed by atoms with Gasteiger partial charge in [0.15, 0.2) is 8.32 Å². The highest BCUT2D eigenvalue weighted by atomic mass is 28.4. The molecule has 0 aromatic carbocycles. The van der Waals surface area contributed by atoms with Crippen LogP contribution in [0.5, 0.6) is 0 Å². The molecule has 1 aliphatic rings. The molecule has 0 N–H and O–H groups in total. The summed E-state index contributed by atoms with van der Waals surface area (Å²) in [6, 6.07) is 0. The Bertz CT molecular complexity index is 307. The minimum Gasteiger partial charge on any atom is -0.469 e. The van der Waals surface area contributed by atoms with Gasteiger partial charge in [0.1, 0.15) is 0 Å². The number of esters is 1. The van der Waals surface area contributed by atoms with Crippen molar-refractivity contribution in [3.63, 3.8) is 0 Å². The van der Waals surface area contributed by atoms with Gasteiger partial charge >= 0.3 is 5.97 Å². The zero-order valence-corrected chi connectivity index (χ0v) is 13.9. The van der Waals surface area contributed by atoms with Crippen molar-refractivity contribution in [2.75, 3.05) is 7.11 Å². The molecule has 4 heteroatoms. The lowest BCUT2D eigenvalue weighted by Crippen LogP contribution is -2.43. The van der Waals surface area contributed by atoms with Gasteiger partial charge in [0, 0.05) is 6.10 Å². The number of methoxy groups -OCH3 is 1. The van der Waals surface area contributed by atoms with Crippen LogP contribution < -0.4 is 0 Å². The van der Waals surface area contributed by atoms with E-state index in [0.717, 1.165) is 12.8 Å². The zero-order chi connectivity index (χ0) is 14.1. The second kappa shape index (κ2) is 5.33. The maximum Gasteiger partial charge on any atom is 0.309 e. The molecule has 0 heterocycles. The van der Waals surface area contributed by atoms with Gasteiger partial charge in [-0.25, -0.2) is 0 Å². The molecule has 0 bridgehead atoms. The van der Waals surface area contributed by atoms with Crippen LogP contribution >= 0.6 is 0 Å². The summed E-state index contributed by atoms with van der Waals surface area (Å²) in [6.45, 7) is 13.4. The molecule has 0 aliphatic heterocycles. The average Bonchev–Trinajstić information content (AvgIpc) is 2.55. The fourth-order valence-corrected chi connectivity index (χ4v) is 3.74. The van der Waals surface area contributed by atoms with Crippen LogP contribution in [0.1, 0.15) is 40.5 Å². The topological polar surface area (TPSA) is 35.5 Å². The van der Waals surface area contributed by atoms with Gasteiger partial charge in [-0.3, -0.25) is 4.79 Å². The molecule has 0 amide bonds. The van der Waals surface area contributed by atoms with E-state index in [1.165, 1.54) is 7.11 Å². The van der Waals surface area contributed by atoms with Gasteiger partial charge in [0.25, 0.3) is 0 Å². The Kier molecular flexibility index (Phi) is 4.65. The molecule has 0 radical (unpaired) electrons. The normalized spacial score (nSPS) is 29.4. The minimum atomic E-state index is -1.73. The Hall–Kier alpha value is -0.353. The third-order valence-electron chi connectivity index (χ3n) is 4.61. The molecule has 3 atom stereocenters. The predicted molar refractivity (Wildman–Crippen MR) is 76.0 cm³/mol. The molecule has 1 fully saturated rings. The van der Waals surface area contributed by atoms with Crippen molar-refractivity contribution in [3.05, 3.63) is 0 Å². The molecule has 0 spiro atoms. The SMILES string of the molecule is COC(=O)[C@H]1CC(O[Si](C)(C)C(C)(C)C)C[C@@H]1C. The second-order valence-electron chi connectivity index (χ2n) is 7.08. The summed E-state index contributed by atoms with van der Waals surface area (Å²) in [5.41, 5.74) is 0. The highest BCUT2D eigenvalue weighted by Gasteiger charge is 2.44. The van der Waals surface area contributed by atoms with Gasteiger partial charge in [0.2, 0.25) is 0 Å². The number of ether oxygens (including phenoxy) is 1. The fourth-order valence-electron chi connectivity index (χ4n) is 2.36. The lowest BCUT2D eigenvalue weighted by atomic mass is 9.99. The maximum atomic E-state index is 11.7. The van der Waals surface area contributed by atoms with E-state index in [0.29, 0.717) is 5.92 Å². The first-order chi connectivity index (χ1) is 8.08. The Balaban J connectivity index is 2.65. The zero-order valence-electron chi connectivity index (χ0n) is 12.9. The van der Waals surface area contributed by atoms with Crippen LogP contribution in [0.25, 0.3) is 0 Å². The fraction of sp³-hybridized carbons (Fsp3) is 0.929. The highest BCUT2D eigenvalue weighted by molar-refractivity contribution is 6.74. The van der Waals surface area contributed by atoms with Crippen molar-refractivity contribution in [2.45, 2.75) is 64.8 Å². The van der Waals surface area contributed by atoms with Crippen molar-refractivity contribution >= 4 is 14.3 Å². The van der Waals surface area contributed by atoms with Gasteiger partial charge < -0.3 is 9.16 Å². The van der Waals surface area contributed by atoms with E-state index in [1.807, 2.05) is 0 Å². The first-order valence-electron chi connectivity index (χ1n) is 6.84. The van der Waals surface area contributed by atoms with Gasteiger partial charge in [0.05, 0.1) is 13.0 Å². The standard InChI is InChI=1S/C14H28O3Si/c1-10-8-11(9-12(10)13(15)16-5)17-18(6,7)14(2,3)4/h10-12H,8-9H2,1-7H3/t10-,11?,12-/m0/s1. The van der Waals surface area contributed by atoms with E-state index in [1.54, 1.807) is 0 Å². The lowest BCUT2D eigenvalue weighted by molar-refractivity contribution is -0.146. The van der Waals surface area contributed by atoms with Crippen LogP contribution in [0, 0.1) is 11.8 Å². The molecule has 1 unspecified atom stereocenters. The molecule has 1 aliphatic carbocycles. The first kappa shape index (κ1) is 15.7.